The third kappa shape index (κ3) is 4.64. The molecule has 0 radical (unpaired) electrons. The van der Waals surface area contributed by atoms with Gasteiger partial charge in [0.15, 0.2) is 11.6 Å². The number of nitro groups is 1. The third-order valence-corrected chi connectivity index (χ3v) is 6.52. The minimum atomic E-state index is -4.24. The highest BCUT2D eigenvalue weighted by atomic mass is 79.9. The summed E-state index contributed by atoms with van der Waals surface area (Å²) in [6.07, 6.45) is 0. The van der Waals surface area contributed by atoms with Crippen molar-refractivity contribution < 1.29 is 13.3 Å². The summed E-state index contributed by atoms with van der Waals surface area (Å²) in [5.41, 5.74) is 1.15. The fraction of sp³-hybridized carbons (Fsp3) is 0. The molecular formula is C20H13BrClN5O4S. The number of nitrogens with one attached hydrogen (secondary N) is 2. The van der Waals surface area contributed by atoms with Gasteiger partial charge in [0, 0.05) is 16.2 Å². The van der Waals surface area contributed by atoms with E-state index in [9.17, 15) is 18.5 Å². The van der Waals surface area contributed by atoms with Crippen LogP contribution in [-0.4, -0.2) is 23.3 Å². The summed E-state index contributed by atoms with van der Waals surface area (Å²) in [6, 6.07) is 17.4. The largest absolute Gasteiger partial charge is 0.337 e. The first-order chi connectivity index (χ1) is 15.2. The smallest absolute Gasteiger partial charge is 0.289 e. The molecule has 32 heavy (non-hydrogen) atoms. The van der Waals surface area contributed by atoms with E-state index in [0.29, 0.717) is 16.7 Å². The van der Waals surface area contributed by atoms with Gasteiger partial charge in [-0.05, 0) is 48.5 Å². The Labute approximate surface area is 195 Å². The van der Waals surface area contributed by atoms with Crippen molar-refractivity contribution in [3.63, 3.8) is 0 Å². The Morgan fingerprint density at radius 1 is 0.938 bits per heavy atom. The molecule has 0 saturated heterocycles. The van der Waals surface area contributed by atoms with Crippen molar-refractivity contribution in [3.8, 4) is 0 Å². The van der Waals surface area contributed by atoms with Crippen molar-refractivity contribution in [1.29, 1.82) is 0 Å². The van der Waals surface area contributed by atoms with E-state index >= 15 is 0 Å². The SMILES string of the molecule is O=[N+]([O-])c1cc(S(=O)(=O)Nc2nc3ccccc3nc2Nc2ccc(Br)cc2)ccc1Cl. The molecule has 0 unspecified atom stereocenters. The number of rotatable bonds is 6. The van der Waals surface area contributed by atoms with Gasteiger partial charge in [-0.1, -0.05) is 39.7 Å². The lowest BCUT2D eigenvalue weighted by Crippen LogP contribution is -2.16. The van der Waals surface area contributed by atoms with E-state index in [0.717, 1.165) is 16.6 Å². The first-order valence-corrected chi connectivity index (χ1v) is 11.6. The molecule has 0 aliphatic carbocycles. The van der Waals surface area contributed by atoms with Crippen LogP contribution in [0.15, 0.2) is 76.1 Å². The number of benzene rings is 3. The number of anilines is 3. The Morgan fingerprint density at radius 2 is 1.56 bits per heavy atom. The molecule has 0 amide bonds. The minimum Gasteiger partial charge on any atom is -0.337 e. The standard InChI is InChI=1S/C20H13BrClN5O4S/c21-12-5-7-13(8-6-12)23-19-20(25-17-4-2-1-3-16(17)24-19)26-32(30,31)14-9-10-15(22)18(11-14)27(28)29/h1-11H,(H,23,24)(H,25,26). The maximum absolute atomic E-state index is 13.0. The van der Waals surface area contributed by atoms with Crippen LogP contribution in [0.4, 0.5) is 23.0 Å². The Kier molecular flexibility index (Phi) is 5.96. The average Bonchev–Trinajstić information content (AvgIpc) is 2.75. The second-order valence-corrected chi connectivity index (χ2v) is 9.52. The predicted molar refractivity (Wildman–Crippen MR) is 126 cm³/mol. The van der Waals surface area contributed by atoms with Crippen LogP contribution < -0.4 is 10.0 Å². The maximum atomic E-state index is 13.0. The number of hydrogen-bond acceptors (Lipinski definition) is 7. The summed E-state index contributed by atoms with van der Waals surface area (Å²) >= 11 is 9.16. The number of para-hydroxylation sites is 2. The number of nitrogens with zero attached hydrogens (tertiary/aromatic N) is 3. The van der Waals surface area contributed by atoms with Crippen molar-refractivity contribution in [2.75, 3.05) is 10.0 Å². The zero-order valence-electron chi connectivity index (χ0n) is 16.0. The number of sulfonamides is 1. The van der Waals surface area contributed by atoms with E-state index in [2.05, 4.69) is 35.9 Å². The zero-order valence-corrected chi connectivity index (χ0v) is 19.1. The number of halogens is 2. The molecule has 4 aromatic rings. The maximum Gasteiger partial charge on any atom is 0.289 e. The van der Waals surface area contributed by atoms with Gasteiger partial charge in [-0.2, -0.15) is 0 Å². The van der Waals surface area contributed by atoms with Crippen LogP contribution in [0.3, 0.4) is 0 Å². The Bertz CT molecular complexity index is 1450. The molecule has 0 saturated carbocycles. The fourth-order valence-corrected chi connectivity index (χ4v) is 4.29. The summed E-state index contributed by atoms with van der Waals surface area (Å²) < 4.78 is 29.2. The summed E-state index contributed by atoms with van der Waals surface area (Å²) in [5.74, 6) is 0.0993. The first-order valence-electron chi connectivity index (χ1n) is 8.99. The molecule has 162 valence electrons. The molecule has 1 heterocycles. The lowest BCUT2D eigenvalue weighted by molar-refractivity contribution is -0.384. The van der Waals surface area contributed by atoms with Gasteiger partial charge in [-0.3, -0.25) is 14.8 Å². The zero-order chi connectivity index (χ0) is 22.9. The van der Waals surface area contributed by atoms with Gasteiger partial charge in [0.05, 0.1) is 20.9 Å². The van der Waals surface area contributed by atoms with E-state index < -0.39 is 20.6 Å². The summed E-state index contributed by atoms with van der Waals surface area (Å²) in [4.78, 5) is 18.9. The van der Waals surface area contributed by atoms with Crippen molar-refractivity contribution in [3.05, 3.63) is 86.3 Å². The lowest BCUT2D eigenvalue weighted by atomic mass is 10.3. The summed E-state index contributed by atoms with van der Waals surface area (Å²) in [7, 11) is -4.24. The molecule has 0 aliphatic rings. The van der Waals surface area contributed by atoms with Crippen LogP contribution in [0.25, 0.3) is 11.0 Å². The molecule has 0 atom stereocenters. The highest BCUT2D eigenvalue weighted by Crippen LogP contribution is 2.30. The predicted octanol–water partition coefficient (Wildman–Crippen LogP) is 5.50. The second-order valence-electron chi connectivity index (χ2n) is 6.52. The van der Waals surface area contributed by atoms with E-state index in [4.69, 9.17) is 11.6 Å². The van der Waals surface area contributed by atoms with Gasteiger partial charge in [-0.25, -0.2) is 18.4 Å². The van der Waals surface area contributed by atoms with Gasteiger partial charge < -0.3 is 5.32 Å². The molecule has 0 fully saturated rings. The van der Waals surface area contributed by atoms with Crippen LogP contribution in [0.2, 0.25) is 5.02 Å². The molecule has 0 spiro atoms. The van der Waals surface area contributed by atoms with Crippen LogP contribution in [0.5, 0.6) is 0 Å². The van der Waals surface area contributed by atoms with Crippen LogP contribution in [0.1, 0.15) is 0 Å². The van der Waals surface area contributed by atoms with Gasteiger partial charge >= 0.3 is 0 Å². The van der Waals surface area contributed by atoms with Crippen molar-refractivity contribution >= 4 is 71.6 Å². The monoisotopic (exact) mass is 533 g/mol. The Morgan fingerprint density at radius 3 is 2.19 bits per heavy atom. The molecule has 0 bridgehead atoms. The Balaban J connectivity index is 1.78. The summed E-state index contributed by atoms with van der Waals surface area (Å²) in [6.45, 7) is 0. The minimum absolute atomic E-state index is 0.0655. The number of aromatic nitrogens is 2. The van der Waals surface area contributed by atoms with Crippen LogP contribution >= 0.6 is 27.5 Å². The highest BCUT2D eigenvalue weighted by Gasteiger charge is 2.23. The normalized spacial score (nSPS) is 11.3. The van der Waals surface area contributed by atoms with Gasteiger partial charge in [0.1, 0.15) is 5.02 Å². The van der Waals surface area contributed by atoms with E-state index in [1.165, 1.54) is 6.07 Å². The van der Waals surface area contributed by atoms with E-state index in [1.807, 2.05) is 12.1 Å². The van der Waals surface area contributed by atoms with Gasteiger partial charge in [-0.15, -0.1) is 0 Å². The third-order valence-electron chi connectivity index (χ3n) is 4.33. The quantitative estimate of drug-likeness (QED) is 0.247. The van der Waals surface area contributed by atoms with Crippen molar-refractivity contribution in [1.82, 2.24) is 9.97 Å². The fourth-order valence-electron chi connectivity index (χ4n) is 2.81. The first kappa shape index (κ1) is 21.9. The molecular weight excluding hydrogens is 522 g/mol. The Hall–Kier alpha value is -3.28. The molecule has 0 aliphatic heterocycles. The number of hydrogen-bond donors (Lipinski definition) is 2. The van der Waals surface area contributed by atoms with Crippen LogP contribution in [0, 0.1) is 10.1 Å². The number of nitro benzene ring substituents is 1. The highest BCUT2D eigenvalue weighted by molar-refractivity contribution is 9.10. The molecule has 3 aromatic carbocycles. The molecule has 2 N–H and O–H groups in total. The number of fused-ring (bicyclic) bond motifs is 1. The molecule has 12 heteroatoms. The topological polar surface area (TPSA) is 127 Å². The van der Waals surface area contributed by atoms with Crippen LogP contribution in [-0.2, 0) is 10.0 Å². The second kappa shape index (κ2) is 8.69. The lowest BCUT2D eigenvalue weighted by Gasteiger charge is -2.14. The van der Waals surface area contributed by atoms with E-state index in [-0.39, 0.29) is 21.6 Å². The molecule has 1 aromatic heterocycles. The molecule has 4 rings (SSSR count). The molecule has 9 nitrogen and oxygen atoms in total. The van der Waals surface area contributed by atoms with Crippen molar-refractivity contribution in [2.45, 2.75) is 4.90 Å². The van der Waals surface area contributed by atoms with Gasteiger partial charge in [0.25, 0.3) is 15.7 Å². The van der Waals surface area contributed by atoms with Gasteiger partial charge in [0.2, 0.25) is 0 Å². The summed E-state index contributed by atoms with van der Waals surface area (Å²) in [5, 5.41) is 14.0. The average molecular weight is 535 g/mol. The van der Waals surface area contributed by atoms with Crippen molar-refractivity contribution in [2.24, 2.45) is 0 Å². The van der Waals surface area contributed by atoms with E-state index in [1.54, 1.807) is 36.4 Å².